The summed E-state index contributed by atoms with van der Waals surface area (Å²) in [5.74, 6) is -0.492. The van der Waals surface area contributed by atoms with Gasteiger partial charge in [-0.2, -0.15) is 0 Å². The Balaban J connectivity index is 2.11. The molecule has 0 bridgehead atoms. The van der Waals surface area contributed by atoms with Crippen molar-refractivity contribution in [2.24, 2.45) is 0 Å². The molecule has 1 heterocycles. The van der Waals surface area contributed by atoms with Crippen LogP contribution in [-0.4, -0.2) is 54.0 Å². The van der Waals surface area contributed by atoms with E-state index in [-0.39, 0.29) is 24.3 Å². The Labute approximate surface area is 166 Å². The van der Waals surface area contributed by atoms with Crippen molar-refractivity contribution < 1.29 is 23.9 Å². The molecule has 1 fully saturated rings. The third-order valence-electron chi connectivity index (χ3n) is 4.93. The van der Waals surface area contributed by atoms with E-state index in [9.17, 15) is 14.4 Å². The Hall–Kier alpha value is -2.57. The number of carbonyl (C=O) groups excluding carboxylic acids is 3. The van der Waals surface area contributed by atoms with Crippen molar-refractivity contribution in [3.8, 4) is 5.75 Å². The topological polar surface area (TPSA) is 84.9 Å². The third kappa shape index (κ3) is 5.24. The van der Waals surface area contributed by atoms with Gasteiger partial charge < -0.3 is 19.7 Å². The number of esters is 1. The zero-order valence-corrected chi connectivity index (χ0v) is 17.3. The van der Waals surface area contributed by atoms with Gasteiger partial charge in [-0.3, -0.25) is 14.4 Å². The van der Waals surface area contributed by atoms with Gasteiger partial charge in [0.25, 0.3) is 5.91 Å². The first-order valence-corrected chi connectivity index (χ1v) is 9.75. The zero-order chi connectivity index (χ0) is 20.8. The maximum Gasteiger partial charge on any atom is 0.308 e. The number of rotatable bonds is 7. The lowest BCUT2D eigenvalue weighted by atomic mass is 10.1. The van der Waals surface area contributed by atoms with Crippen LogP contribution in [0.3, 0.4) is 0 Å². The Morgan fingerprint density at radius 2 is 1.89 bits per heavy atom. The second kappa shape index (κ2) is 9.57. The molecule has 0 aromatic heterocycles. The van der Waals surface area contributed by atoms with Crippen molar-refractivity contribution in [2.45, 2.75) is 65.7 Å². The van der Waals surface area contributed by atoms with Gasteiger partial charge in [-0.05, 0) is 45.2 Å². The quantitative estimate of drug-likeness (QED) is 0.721. The van der Waals surface area contributed by atoms with E-state index in [1.54, 1.807) is 13.8 Å². The SMILES string of the molecule is CCC(C)OC(=O)CC1C(=O)NCCN1C(=O)C(C)Oc1c(C)cccc1C. The van der Waals surface area contributed by atoms with Crippen molar-refractivity contribution in [1.82, 2.24) is 10.2 Å². The van der Waals surface area contributed by atoms with E-state index in [0.717, 1.165) is 11.1 Å². The lowest BCUT2D eigenvalue weighted by Gasteiger charge is -2.36. The maximum atomic E-state index is 13.0. The first-order chi connectivity index (χ1) is 13.2. The van der Waals surface area contributed by atoms with Crippen LogP contribution in [0.2, 0.25) is 0 Å². The van der Waals surface area contributed by atoms with Crippen molar-refractivity contribution in [2.75, 3.05) is 13.1 Å². The number of benzene rings is 1. The van der Waals surface area contributed by atoms with E-state index in [4.69, 9.17) is 9.47 Å². The molecule has 1 saturated heterocycles. The highest BCUT2D eigenvalue weighted by Gasteiger charge is 2.37. The van der Waals surface area contributed by atoms with E-state index in [0.29, 0.717) is 25.3 Å². The molecule has 2 rings (SSSR count). The predicted molar refractivity (Wildman–Crippen MR) is 105 cm³/mol. The van der Waals surface area contributed by atoms with Gasteiger partial charge in [0, 0.05) is 13.1 Å². The van der Waals surface area contributed by atoms with Crippen molar-refractivity contribution in [3.05, 3.63) is 29.3 Å². The van der Waals surface area contributed by atoms with Gasteiger partial charge in [-0.15, -0.1) is 0 Å². The van der Waals surface area contributed by atoms with Crippen LogP contribution in [-0.2, 0) is 19.1 Å². The van der Waals surface area contributed by atoms with Crippen LogP contribution in [0.15, 0.2) is 18.2 Å². The van der Waals surface area contributed by atoms with E-state index in [1.165, 1.54) is 4.90 Å². The molecule has 0 spiro atoms. The monoisotopic (exact) mass is 390 g/mol. The number of amides is 2. The Kier molecular flexibility index (Phi) is 7.43. The van der Waals surface area contributed by atoms with E-state index >= 15 is 0 Å². The van der Waals surface area contributed by atoms with Crippen LogP contribution in [0.1, 0.15) is 44.7 Å². The Morgan fingerprint density at radius 1 is 1.25 bits per heavy atom. The third-order valence-corrected chi connectivity index (χ3v) is 4.93. The summed E-state index contributed by atoms with van der Waals surface area (Å²) in [6.07, 6.45) is -0.488. The number of nitrogens with zero attached hydrogens (tertiary/aromatic N) is 1. The van der Waals surface area contributed by atoms with Crippen LogP contribution in [0.25, 0.3) is 0 Å². The predicted octanol–water partition coefficient (Wildman–Crippen LogP) is 2.13. The number of carbonyl (C=O) groups is 3. The molecule has 1 N–H and O–H groups in total. The minimum atomic E-state index is -0.887. The molecular weight excluding hydrogens is 360 g/mol. The van der Waals surface area contributed by atoms with Crippen molar-refractivity contribution in [1.29, 1.82) is 0 Å². The molecule has 1 aromatic rings. The van der Waals surface area contributed by atoms with Crippen LogP contribution < -0.4 is 10.1 Å². The Bertz CT molecular complexity index is 713. The van der Waals surface area contributed by atoms with Gasteiger partial charge >= 0.3 is 5.97 Å². The largest absolute Gasteiger partial charge is 0.480 e. The van der Waals surface area contributed by atoms with E-state index in [2.05, 4.69) is 5.32 Å². The first kappa shape index (κ1) is 21.7. The molecule has 1 aliphatic rings. The summed E-state index contributed by atoms with van der Waals surface area (Å²) in [5.41, 5.74) is 1.87. The molecular formula is C21H30N2O5. The lowest BCUT2D eigenvalue weighted by molar-refractivity contribution is -0.156. The number of para-hydroxylation sites is 1. The summed E-state index contributed by atoms with van der Waals surface area (Å²) in [4.78, 5) is 38.9. The molecule has 1 aliphatic heterocycles. The average molecular weight is 390 g/mol. The molecule has 3 unspecified atom stereocenters. The molecule has 0 saturated carbocycles. The molecule has 7 nitrogen and oxygen atoms in total. The number of aryl methyl sites for hydroxylation is 2. The minimum absolute atomic E-state index is 0.169. The average Bonchev–Trinajstić information content (AvgIpc) is 2.65. The zero-order valence-electron chi connectivity index (χ0n) is 17.3. The normalized spacial score (nSPS) is 18.8. The van der Waals surface area contributed by atoms with E-state index < -0.39 is 18.1 Å². The molecule has 154 valence electrons. The fourth-order valence-electron chi connectivity index (χ4n) is 3.14. The molecule has 1 aromatic carbocycles. The summed E-state index contributed by atoms with van der Waals surface area (Å²) in [6.45, 7) is 9.87. The van der Waals surface area contributed by atoms with E-state index in [1.807, 2.05) is 39.0 Å². The van der Waals surface area contributed by atoms with Crippen molar-refractivity contribution >= 4 is 17.8 Å². The fraction of sp³-hybridized carbons (Fsp3) is 0.571. The highest BCUT2D eigenvalue weighted by Crippen LogP contribution is 2.24. The minimum Gasteiger partial charge on any atom is -0.480 e. The lowest BCUT2D eigenvalue weighted by Crippen LogP contribution is -2.60. The number of nitrogens with one attached hydrogen (secondary N) is 1. The van der Waals surface area contributed by atoms with Gasteiger partial charge in [-0.1, -0.05) is 25.1 Å². The number of hydrogen-bond acceptors (Lipinski definition) is 5. The van der Waals surface area contributed by atoms with Gasteiger partial charge in [0.2, 0.25) is 5.91 Å². The van der Waals surface area contributed by atoms with Gasteiger partial charge in [0.1, 0.15) is 11.8 Å². The van der Waals surface area contributed by atoms with Gasteiger partial charge in [-0.25, -0.2) is 0 Å². The summed E-state index contributed by atoms with van der Waals surface area (Å²) in [6, 6.07) is 4.88. The summed E-state index contributed by atoms with van der Waals surface area (Å²) < 4.78 is 11.2. The highest BCUT2D eigenvalue weighted by atomic mass is 16.5. The maximum absolute atomic E-state index is 13.0. The van der Waals surface area contributed by atoms with Crippen LogP contribution in [0.4, 0.5) is 0 Å². The molecule has 3 atom stereocenters. The summed E-state index contributed by atoms with van der Waals surface area (Å²) >= 11 is 0. The van der Waals surface area contributed by atoms with Gasteiger partial charge in [0.15, 0.2) is 6.10 Å². The molecule has 28 heavy (non-hydrogen) atoms. The standard InChI is InChI=1S/C21H30N2O5/c1-6-15(4)27-18(24)12-17-20(25)22-10-11-23(17)21(26)16(5)28-19-13(2)8-7-9-14(19)3/h7-9,15-17H,6,10-12H2,1-5H3,(H,22,25). The smallest absolute Gasteiger partial charge is 0.308 e. The second-order valence-electron chi connectivity index (χ2n) is 7.23. The molecule has 7 heteroatoms. The van der Waals surface area contributed by atoms with Crippen LogP contribution in [0.5, 0.6) is 5.75 Å². The van der Waals surface area contributed by atoms with Crippen LogP contribution in [0, 0.1) is 13.8 Å². The fourth-order valence-corrected chi connectivity index (χ4v) is 3.14. The molecule has 0 aliphatic carbocycles. The number of hydrogen-bond donors (Lipinski definition) is 1. The molecule has 2 amide bonds. The molecule has 0 radical (unpaired) electrons. The first-order valence-electron chi connectivity index (χ1n) is 9.75. The van der Waals surface area contributed by atoms with Crippen LogP contribution >= 0.6 is 0 Å². The highest BCUT2D eigenvalue weighted by molar-refractivity contribution is 5.93. The summed E-state index contributed by atoms with van der Waals surface area (Å²) in [7, 11) is 0. The second-order valence-corrected chi connectivity index (χ2v) is 7.23. The number of ether oxygens (including phenoxy) is 2. The summed E-state index contributed by atoms with van der Waals surface area (Å²) in [5, 5.41) is 2.72. The van der Waals surface area contributed by atoms with Crippen molar-refractivity contribution in [3.63, 3.8) is 0 Å². The Morgan fingerprint density at radius 3 is 2.50 bits per heavy atom. The number of piperazine rings is 1. The van der Waals surface area contributed by atoms with Gasteiger partial charge in [0.05, 0.1) is 12.5 Å².